The van der Waals surface area contributed by atoms with E-state index in [1.54, 1.807) is 7.05 Å². The van der Waals surface area contributed by atoms with Gasteiger partial charge in [-0.05, 0) is 42.9 Å². The van der Waals surface area contributed by atoms with Crippen LogP contribution < -0.4 is 16.0 Å². The summed E-state index contributed by atoms with van der Waals surface area (Å²) in [4.78, 5) is 16.1. The van der Waals surface area contributed by atoms with Crippen molar-refractivity contribution >= 4 is 35.8 Å². The SMILES string of the molecule is CN=C(NCCc1cccc(C(=O)NC)c1)NC(C)C(C)C1CCCCC1.I. The molecule has 28 heavy (non-hydrogen) atoms. The Kier molecular flexibility index (Phi) is 11.5. The van der Waals surface area contributed by atoms with E-state index in [2.05, 4.69) is 40.9 Å². The standard InChI is InChI=1S/C22H36N4O.HI/c1-16(19-10-6-5-7-11-19)17(2)26-22(24-4)25-14-13-18-9-8-12-20(15-18)21(27)23-3;/h8-9,12,15-17,19H,5-7,10-11,13-14H2,1-4H3,(H,23,27)(H2,24,25,26);1H. The summed E-state index contributed by atoms with van der Waals surface area (Å²) in [6.07, 6.45) is 7.73. The molecular formula is C22H37IN4O. The van der Waals surface area contributed by atoms with Gasteiger partial charge in [-0.2, -0.15) is 0 Å². The molecule has 0 spiro atoms. The van der Waals surface area contributed by atoms with Gasteiger partial charge in [-0.25, -0.2) is 0 Å². The van der Waals surface area contributed by atoms with Crippen molar-refractivity contribution in [2.75, 3.05) is 20.6 Å². The van der Waals surface area contributed by atoms with Gasteiger partial charge >= 0.3 is 0 Å². The molecule has 0 saturated heterocycles. The van der Waals surface area contributed by atoms with E-state index >= 15 is 0 Å². The van der Waals surface area contributed by atoms with Crippen molar-refractivity contribution in [1.29, 1.82) is 0 Å². The number of benzene rings is 1. The smallest absolute Gasteiger partial charge is 0.251 e. The number of amides is 1. The molecular weight excluding hydrogens is 463 g/mol. The van der Waals surface area contributed by atoms with Crippen LogP contribution in [0.2, 0.25) is 0 Å². The number of rotatable bonds is 7. The molecule has 0 bridgehead atoms. The van der Waals surface area contributed by atoms with Crippen LogP contribution in [0.25, 0.3) is 0 Å². The Morgan fingerprint density at radius 2 is 1.93 bits per heavy atom. The molecule has 0 aromatic heterocycles. The molecule has 1 saturated carbocycles. The zero-order valence-corrected chi connectivity index (χ0v) is 20.1. The molecule has 2 rings (SSSR count). The lowest BCUT2D eigenvalue weighted by Gasteiger charge is -2.32. The highest BCUT2D eigenvalue weighted by Crippen LogP contribution is 2.31. The van der Waals surface area contributed by atoms with Crippen LogP contribution in [0.1, 0.15) is 61.9 Å². The first-order valence-electron chi connectivity index (χ1n) is 10.3. The second kappa shape index (κ2) is 13.0. The minimum Gasteiger partial charge on any atom is -0.356 e. The van der Waals surface area contributed by atoms with Crippen LogP contribution in [0.4, 0.5) is 0 Å². The summed E-state index contributed by atoms with van der Waals surface area (Å²) in [5, 5.41) is 9.64. The first-order valence-corrected chi connectivity index (χ1v) is 10.3. The first kappa shape index (κ1) is 24.7. The van der Waals surface area contributed by atoms with Crippen LogP contribution in [0.3, 0.4) is 0 Å². The van der Waals surface area contributed by atoms with Crippen LogP contribution in [0.5, 0.6) is 0 Å². The summed E-state index contributed by atoms with van der Waals surface area (Å²) in [6.45, 7) is 5.41. The molecule has 3 N–H and O–H groups in total. The van der Waals surface area contributed by atoms with Crippen molar-refractivity contribution in [3.63, 3.8) is 0 Å². The van der Waals surface area contributed by atoms with E-state index in [4.69, 9.17) is 0 Å². The predicted molar refractivity (Wildman–Crippen MR) is 129 cm³/mol. The summed E-state index contributed by atoms with van der Waals surface area (Å²) < 4.78 is 0. The number of hydrogen-bond acceptors (Lipinski definition) is 2. The monoisotopic (exact) mass is 500 g/mol. The van der Waals surface area contributed by atoms with Gasteiger partial charge in [-0.15, -0.1) is 24.0 Å². The molecule has 2 atom stereocenters. The van der Waals surface area contributed by atoms with Crippen LogP contribution in [0, 0.1) is 11.8 Å². The fourth-order valence-corrected chi connectivity index (χ4v) is 3.95. The average molecular weight is 500 g/mol. The summed E-state index contributed by atoms with van der Waals surface area (Å²) in [6, 6.07) is 8.17. The summed E-state index contributed by atoms with van der Waals surface area (Å²) in [5.74, 6) is 2.28. The van der Waals surface area contributed by atoms with E-state index in [1.807, 2.05) is 25.2 Å². The Bertz CT molecular complexity index is 629. The number of aliphatic imine (C=N–C) groups is 1. The maximum absolute atomic E-state index is 11.8. The van der Waals surface area contributed by atoms with Gasteiger partial charge in [0.1, 0.15) is 0 Å². The van der Waals surface area contributed by atoms with Crippen molar-refractivity contribution < 1.29 is 4.79 Å². The van der Waals surface area contributed by atoms with E-state index in [0.29, 0.717) is 17.5 Å². The Balaban J connectivity index is 0.00000392. The number of halogens is 1. The van der Waals surface area contributed by atoms with Gasteiger partial charge in [-0.1, -0.05) is 51.2 Å². The molecule has 6 heteroatoms. The minimum absolute atomic E-state index is 0. The van der Waals surface area contributed by atoms with Crippen LogP contribution >= 0.6 is 24.0 Å². The molecule has 1 aliphatic carbocycles. The van der Waals surface area contributed by atoms with Crippen molar-refractivity contribution in [1.82, 2.24) is 16.0 Å². The van der Waals surface area contributed by atoms with E-state index in [-0.39, 0.29) is 29.9 Å². The van der Waals surface area contributed by atoms with Gasteiger partial charge in [0.25, 0.3) is 5.91 Å². The molecule has 2 unspecified atom stereocenters. The Hall–Kier alpha value is -1.31. The molecule has 0 aliphatic heterocycles. The molecule has 158 valence electrons. The number of hydrogen-bond donors (Lipinski definition) is 3. The van der Waals surface area contributed by atoms with Gasteiger partial charge < -0.3 is 16.0 Å². The largest absolute Gasteiger partial charge is 0.356 e. The lowest BCUT2D eigenvalue weighted by atomic mass is 9.78. The second-order valence-corrected chi connectivity index (χ2v) is 7.72. The van der Waals surface area contributed by atoms with Gasteiger partial charge in [0.05, 0.1) is 0 Å². The van der Waals surface area contributed by atoms with Crippen molar-refractivity contribution in [2.45, 2.75) is 58.4 Å². The third-order valence-corrected chi connectivity index (χ3v) is 5.89. The minimum atomic E-state index is -0.0483. The second-order valence-electron chi connectivity index (χ2n) is 7.72. The highest BCUT2D eigenvalue weighted by molar-refractivity contribution is 14.0. The highest BCUT2D eigenvalue weighted by Gasteiger charge is 2.24. The van der Waals surface area contributed by atoms with E-state index in [0.717, 1.165) is 30.4 Å². The fourth-order valence-electron chi connectivity index (χ4n) is 3.95. The predicted octanol–water partition coefficient (Wildman–Crippen LogP) is 3.98. The first-order chi connectivity index (χ1) is 13.0. The quantitative estimate of drug-likeness (QED) is 0.302. The number of nitrogens with zero attached hydrogens (tertiary/aromatic N) is 1. The van der Waals surface area contributed by atoms with E-state index < -0.39 is 0 Å². The van der Waals surface area contributed by atoms with Gasteiger partial charge in [-0.3, -0.25) is 9.79 Å². The molecule has 0 heterocycles. The van der Waals surface area contributed by atoms with Crippen LogP contribution in [0.15, 0.2) is 29.3 Å². The summed E-state index contributed by atoms with van der Waals surface area (Å²) >= 11 is 0. The zero-order valence-electron chi connectivity index (χ0n) is 17.8. The number of carbonyl (C=O) groups is 1. The zero-order chi connectivity index (χ0) is 19.6. The molecule has 1 aliphatic rings. The fraction of sp³-hybridized carbons (Fsp3) is 0.636. The Morgan fingerprint density at radius 1 is 1.21 bits per heavy atom. The summed E-state index contributed by atoms with van der Waals surface area (Å²) in [7, 11) is 3.47. The molecule has 0 radical (unpaired) electrons. The average Bonchev–Trinajstić information content (AvgIpc) is 2.72. The third kappa shape index (κ3) is 7.60. The lowest BCUT2D eigenvalue weighted by Crippen LogP contribution is -2.46. The van der Waals surface area contributed by atoms with Gasteiger partial charge in [0, 0.05) is 32.2 Å². The number of nitrogens with one attached hydrogen (secondary N) is 3. The summed E-state index contributed by atoms with van der Waals surface area (Å²) in [5.41, 5.74) is 1.84. The van der Waals surface area contributed by atoms with Gasteiger partial charge in [0.15, 0.2) is 5.96 Å². The Morgan fingerprint density at radius 3 is 2.57 bits per heavy atom. The molecule has 1 amide bonds. The highest BCUT2D eigenvalue weighted by atomic mass is 127. The van der Waals surface area contributed by atoms with E-state index in [1.165, 1.54) is 32.1 Å². The van der Waals surface area contributed by atoms with Crippen molar-refractivity contribution in [3.05, 3.63) is 35.4 Å². The maximum atomic E-state index is 11.8. The van der Waals surface area contributed by atoms with Crippen molar-refractivity contribution in [2.24, 2.45) is 16.8 Å². The lowest BCUT2D eigenvalue weighted by molar-refractivity contribution is 0.0963. The normalized spacial score (nSPS) is 17.2. The number of carbonyl (C=O) groups excluding carboxylic acids is 1. The molecule has 1 fully saturated rings. The van der Waals surface area contributed by atoms with Crippen molar-refractivity contribution in [3.8, 4) is 0 Å². The maximum Gasteiger partial charge on any atom is 0.251 e. The number of guanidine groups is 1. The topological polar surface area (TPSA) is 65.5 Å². The van der Waals surface area contributed by atoms with Crippen LogP contribution in [-0.4, -0.2) is 38.5 Å². The third-order valence-electron chi connectivity index (χ3n) is 5.89. The van der Waals surface area contributed by atoms with Crippen LogP contribution in [-0.2, 0) is 6.42 Å². The van der Waals surface area contributed by atoms with Gasteiger partial charge in [0.2, 0.25) is 0 Å². The molecule has 1 aromatic carbocycles. The molecule has 5 nitrogen and oxygen atoms in total. The molecule has 1 aromatic rings. The Labute approximate surface area is 187 Å². The van der Waals surface area contributed by atoms with E-state index in [9.17, 15) is 4.79 Å².